The summed E-state index contributed by atoms with van der Waals surface area (Å²) in [6, 6.07) is 18.5. The Morgan fingerprint density at radius 2 is 1.71 bits per heavy atom. The number of nitrogens with zero attached hydrogens (tertiary/aromatic N) is 1. The third-order valence-corrected chi connectivity index (χ3v) is 4.97. The molecule has 3 rings (SSSR count). The number of carbonyl (C=O) groups excluding carboxylic acids is 2. The Labute approximate surface area is 165 Å². The van der Waals surface area contributed by atoms with Crippen molar-refractivity contribution in [2.75, 3.05) is 0 Å². The van der Waals surface area contributed by atoms with Gasteiger partial charge in [-0.1, -0.05) is 30.3 Å². The summed E-state index contributed by atoms with van der Waals surface area (Å²) in [4.78, 5) is 36.0. The number of rotatable bonds is 7. The molecule has 0 atom stereocenters. The van der Waals surface area contributed by atoms with E-state index in [0.29, 0.717) is 22.5 Å². The molecule has 0 aliphatic heterocycles. The van der Waals surface area contributed by atoms with Crippen LogP contribution in [0.2, 0.25) is 0 Å². The van der Waals surface area contributed by atoms with Gasteiger partial charge in [0.2, 0.25) is 11.7 Å². The Morgan fingerprint density at radius 1 is 1.00 bits per heavy atom. The lowest BCUT2D eigenvalue weighted by atomic mass is 10.1. The van der Waals surface area contributed by atoms with E-state index < -0.39 is 4.92 Å². The molecule has 0 unspecified atom stereocenters. The highest BCUT2D eigenvalue weighted by Crippen LogP contribution is 2.20. The number of non-ortho nitro benzene ring substituents is 1. The van der Waals surface area contributed by atoms with Crippen molar-refractivity contribution in [2.45, 2.75) is 6.54 Å². The number of nitrogens with one attached hydrogen (secondary N) is 1. The van der Waals surface area contributed by atoms with Gasteiger partial charge in [0.1, 0.15) is 0 Å². The largest absolute Gasteiger partial charge is 0.348 e. The first-order chi connectivity index (χ1) is 13.5. The standard InChI is InChI=1S/C21H16N2O4S/c24-20(13-8-15-6-9-17(10-7-15)23(26)27)22-14-18-11-12-19(28-18)21(25)16-4-2-1-3-5-16/h1-13H,14H2,(H,22,24)/b13-8+. The van der Waals surface area contributed by atoms with Crippen LogP contribution in [0, 0.1) is 10.1 Å². The summed E-state index contributed by atoms with van der Waals surface area (Å²) in [5.74, 6) is -0.330. The number of benzene rings is 2. The minimum atomic E-state index is -0.474. The van der Waals surface area contributed by atoms with E-state index in [2.05, 4.69) is 5.32 Å². The molecule has 1 aromatic heterocycles. The van der Waals surface area contributed by atoms with E-state index in [1.807, 2.05) is 24.3 Å². The topological polar surface area (TPSA) is 89.3 Å². The quantitative estimate of drug-likeness (QED) is 0.282. The lowest BCUT2D eigenvalue weighted by molar-refractivity contribution is -0.384. The van der Waals surface area contributed by atoms with Gasteiger partial charge in [-0.2, -0.15) is 0 Å². The molecule has 1 amide bonds. The maximum atomic E-state index is 12.4. The summed E-state index contributed by atoms with van der Waals surface area (Å²) in [5, 5.41) is 13.4. The molecule has 3 aromatic rings. The molecule has 140 valence electrons. The van der Waals surface area contributed by atoms with Crippen molar-refractivity contribution in [2.24, 2.45) is 0 Å². The number of thiophene rings is 1. The SMILES string of the molecule is O=C(/C=C/c1ccc([N+](=O)[O-])cc1)NCc1ccc(C(=O)c2ccccc2)s1. The van der Waals surface area contributed by atoms with Crippen molar-refractivity contribution < 1.29 is 14.5 Å². The average Bonchev–Trinajstić information content (AvgIpc) is 3.20. The van der Waals surface area contributed by atoms with E-state index in [1.54, 1.807) is 36.4 Å². The molecular weight excluding hydrogens is 376 g/mol. The third-order valence-electron chi connectivity index (χ3n) is 3.89. The van der Waals surface area contributed by atoms with Crippen LogP contribution in [0.4, 0.5) is 5.69 Å². The van der Waals surface area contributed by atoms with Crippen LogP contribution in [0.3, 0.4) is 0 Å². The number of carbonyl (C=O) groups is 2. The van der Waals surface area contributed by atoms with Gasteiger partial charge in [0.05, 0.1) is 16.3 Å². The van der Waals surface area contributed by atoms with Gasteiger partial charge in [0.15, 0.2) is 0 Å². The van der Waals surface area contributed by atoms with Crippen LogP contribution < -0.4 is 5.32 Å². The fourth-order valence-electron chi connectivity index (χ4n) is 2.44. The minimum absolute atomic E-state index is 0.000140. The van der Waals surface area contributed by atoms with E-state index in [-0.39, 0.29) is 17.4 Å². The van der Waals surface area contributed by atoms with Gasteiger partial charge in [-0.15, -0.1) is 11.3 Å². The molecule has 0 saturated heterocycles. The molecule has 0 spiro atoms. The minimum Gasteiger partial charge on any atom is -0.348 e. The normalized spacial score (nSPS) is 10.7. The highest BCUT2D eigenvalue weighted by molar-refractivity contribution is 7.14. The van der Waals surface area contributed by atoms with Crippen molar-refractivity contribution in [1.29, 1.82) is 0 Å². The van der Waals surface area contributed by atoms with Crippen LogP contribution >= 0.6 is 11.3 Å². The lowest BCUT2D eigenvalue weighted by Crippen LogP contribution is -2.19. The molecule has 0 fully saturated rings. The van der Waals surface area contributed by atoms with E-state index in [9.17, 15) is 19.7 Å². The van der Waals surface area contributed by atoms with Crippen LogP contribution in [-0.2, 0) is 11.3 Å². The first kappa shape index (κ1) is 19.2. The summed E-state index contributed by atoms with van der Waals surface area (Å²) in [5.41, 5.74) is 1.32. The fourth-order valence-corrected chi connectivity index (χ4v) is 3.35. The van der Waals surface area contributed by atoms with Gasteiger partial charge in [0, 0.05) is 28.6 Å². The van der Waals surface area contributed by atoms with Gasteiger partial charge < -0.3 is 5.32 Å². The Bertz CT molecular complexity index is 1020. The van der Waals surface area contributed by atoms with Gasteiger partial charge in [-0.05, 0) is 35.9 Å². The number of amides is 1. The predicted octanol–water partition coefficient (Wildman–Crippen LogP) is 4.22. The zero-order valence-electron chi connectivity index (χ0n) is 14.7. The Morgan fingerprint density at radius 3 is 2.39 bits per heavy atom. The number of nitro groups is 1. The molecule has 1 N–H and O–H groups in total. The number of hydrogen-bond acceptors (Lipinski definition) is 5. The molecule has 0 saturated carbocycles. The summed E-state index contributed by atoms with van der Waals surface area (Å²) in [6.07, 6.45) is 2.95. The highest BCUT2D eigenvalue weighted by atomic mass is 32.1. The van der Waals surface area contributed by atoms with E-state index in [1.165, 1.54) is 29.5 Å². The van der Waals surface area contributed by atoms with Crippen LogP contribution in [0.1, 0.15) is 25.7 Å². The van der Waals surface area contributed by atoms with Gasteiger partial charge >= 0.3 is 0 Å². The maximum absolute atomic E-state index is 12.4. The van der Waals surface area contributed by atoms with Crippen molar-refractivity contribution in [1.82, 2.24) is 5.32 Å². The second kappa shape index (κ2) is 8.88. The third kappa shape index (κ3) is 4.99. The summed E-state index contributed by atoms with van der Waals surface area (Å²) >= 11 is 1.34. The smallest absolute Gasteiger partial charge is 0.269 e. The zero-order valence-corrected chi connectivity index (χ0v) is 15.5. The van der Waals surface area contributed by atoms with E-state index in [0.717, 1.165) is 4.88 Å². The molecule has 0 bridgehead atoms. The number of ketones is 1. The molecule has 0 aliphatic rings. The summed E-state index contributed by atoms with van der Waals surface area (Å²) in [6.45, 7) is 0.316. The van der Waals surface area contributed by atoms with Crippen LogP contribution in [0.5, 0.6) is 0 Å². The Kier molecular flexibility index (Phi) is 6.08. The first-order valence-corrected chi connectivity index (χ1v) is 9.23. The molecule has 6 nitrogen and oxygen atoms in total. The van der Waals surface area contributed by atoms with E-state index >= 15 is 0 Å². The van der Waals surface area contributed by atoms with Crippen LogP contribution in [0.25, 0.3) is 6.08 Å². The Hall–Kier alpha value is -3.58. The molecule has 7 heteroatoms. The van der Waals surface area contributed by atoms with Gasteiger partial charge in [0.25, 0.3) is 5.69 Å². The van der Waals surface area contributed by atoms with Crippen LogP contribution in [0.15, 0.2) is 72.8 Å². The number of nitro benzene ring substituents is 1. The first-order valence-electron chi connectivity index (χ1n) is 8.42. The lowest BCUT2D eigenvalue weighted by Gasteiger charge is -2.00. The second-order valence-corrected chi connectivity index (χ2v) is 7.03. The Balaban J connectivity index is 1.54. The van der Waals surface area contributed by atoms with E-state index in [4.69, 9.17) is 0 Å². The van der Waals surface area contributed by atoms with Gasteiger partial charge in [-0.25, -0.2) is 0 Å². The monoisotopic (exact) mass is 392 g/mol. The fraction of sp³-hybridized carbons (Fsp3) is 0.0476. The van der Waals surface area contributed by atoms with Crippen molar-refractivity contribution in [3.8, 4) is 0 Å². The zero-order chi connectivity index (χ0) is 19.9. The average molecular weight is 392 g/mol. The highest BCUT2D eigenvalue weighted by Gasteiger charge is 2.11. The van der Waals surface area contributed by atoms with Crippen molar-refractivity contribution in [3.63, 3.8) is 0 Å². The molecule has 1 heterocycles. The summed E-state index contributed by atoms with van der Waals surface area (Å²) < 4.78 is 0. The number of hydrogen-bond donors (Lipinski definition) is 1. The van der Waals surface area contributed by atoms with Gasteiger partial charge in [-0.3, -0.25) is 19.7 Å². The molecular formula is C21H16N2O4S. The second-order valence-electron chi connectivity index (χ2n) is 5.86. The van der Waals surface area contributed by atoms with Crippen molar-refractivity contribution in [3.05, 3.63) is 104 Å². The van der Waals surface area contributed by atoms with Crippen LogP contribution in [-0.4, -0.2) is 16.6 Å². The maximum Gasteiger partial charge on any atom is 0.269 e. The molecule has 2 aromatic carbocycles. The molecule has 28 heavy (non-hydrogen) atoms. The predicted molar refractivity (Wildman–Crippen MR) is 108 cm³/mol. The molecule has 0 radical (unpaired) electrons. The summed E-state index contributed by atoms with van der Waals surface area (Å²) in [7, 11) is 0. The molecule has 0 aliphatic carbocycles. The van der Waals surface area contributed by atoms with Crippen molar-refractivity contribution >= 4 is 34.8 Å².